The van der Waals surface area contributed by atoms with Crippen LogP contribution in [-0.4, -0.2) is 0 Å². The van der Waals surface area contributed by atoms with Crippen molar-refractivity contribution in [2.45, 2.75) is 51.4 Å². The Hall–Kier alpha value is -2.22. The molecule has 27 heavy (non-hydrogen) atoms. The standard InChI is InChI=1S/C25H26F2/c1-2-3-4-5-18-10-14-22-23(25(18)19-7-11-20(26)12-8-19)15-9-17-6-13-21(27)16-24(17)22/h6-9,11-13,15-16,18,25H,2-5,10,14H2,1H3/t18-,25-/m1/s1. The molecule has 0 aliphatic heterocycles. The van der Waals surface area contributed by atoms with Crippen LogP contribution < -0.4 is 0 Å². The van der Waals surface area contributed by atoms with Gasteiger partial charge >= 0.3 is 0 Å². The first-order chi connectivity index (χ1) is 13.2. The lowest BCUT2D eigenvalue weighted by Gasteiger charge is -2.35. The third kappa shape index (κ3) is 3.63. The molecule has 0 N–H and O–H groups in total. The van der Waals surface area contributed by atoms with Gasteiger partial charge in [0, 0.05) is 5.92 Å². The van der Waals surface area contributed by atoms with Gasteiger partial charge in [0.05, 0.1) is 0 Å². The Labute approximate surface area is 160 Å². The van der Waals surface area contributed by atoms with Crippen molar-refractivity contribution >= 4 is 10.8 Å². The molecule has 0 amide bonds. The van der Waals surface area contributed by atoms with Gasteiger partial charge in [0.25, 0.3) is 0 Å². The van der Waals surface area contributed by atoms with E-state index in [0.717, 1.165) is 23.6 Å². The predicted octanol–water partition coefficient (Wildman–Crippen LogP) is 7.39. The van der Waals surface area contributed by atoms with E-state index in [-0.39, 0.29) is 17.6 Å². The van der Waals surface area contributed by atoms with Crippen LogP contribution in [0.25, 0.3) is 10.8 Å². The van der Waals surface area contributed by atoms with Crippen LogP contribution in [-0.2, 0) is 6.42 Å². The SMILES string of the molecule is CCCCC[C@@H]1CCc2c(ccc3ccc(F)cc23)[C@H]1c1ccc(F)cc1. The zero-order valence-corrected chi connectivity index (χ0v) is 15.8. The molecule has 0 nitrogen and oxygen atoms in total. The normalized spacial score (nSPS) is 19.2. The van der Waals surface area contributed by atoms with Gasteiger partial charge in [-0.2, -0.15) is 0 Å². The second-order valence-electron chi connectivity index (χ2n) is 7.82. The van der Waals surface area contributed by atoms with Gasteiger partial charge in [0.2, 0.25) is 0 Å². The Bertz CT molecular complexity index is 927. The van der Waals surface area contributed by atoms with Crippen LogP contribution in [0.3, 0.4) is 0 Å². The summed E-state index contributed by atoms with van der Waals surface area (Å²) in [6.07, 6.45) is 6.99. The summed E-state index contributed by atoms with van der Waals surface area (Å²) < 4.78 is 27.4. The van der Waals surface area contributed by atoms with Gasteiger partial charge in [-0.05, 0) is 76.9 Å². The summed E-state index contributed by atoms with van der Waals surface area (Å²) in [5, 5.41) is 2.13. The molecular weight excluding hydrogens is 338 g/mol. The van der Waals surface area contributed by atoms with Gasteiger partial charge in [0.1, 0.15) is 11.6 Å². The molecule has 0 heterocycles. The lowest BCUT2D eigenvalue weighted by atomic mass is 9.69. The third-order valence-corrected chi connectivity index (χ3v) is 6.11. The van der Waals surface area contributed by atoms with Gasteiger partial charge in [-0.25, -0.2) is 8.78 Å². The molecule has 3 aromatic rings. The highest BCUT2D eigenvalue weighted by molar-refractivity contribution is 5.87. The molecule has 0 bridgehead atoms. The quantitative estimate of drug-likeness (QED) is 0.414. The first-order valence-electron chi connectivity index (χ1n) is 10.1. The van der Waals surface area contributed by atoms with Gasteiger partial charge in [0.15, 0.2) is 0 Å². The summed E-state index contributed by atoms with van der Waals surface area (Å²) in [6.45, 7) is 2.23. The van der Waals surface area contributed by atoms with Crippen LogP contribution in [0.5, 0.6) is 0 Å². The summed E-state index contributed by atoms with van der Waals surface area (Å²) in [5.74, 6) is 0.441. The van der Waals surface area contributed by atoms with Gasteiger partial charge in [-0.3, -0.25) is 0 Å². The maximum Gasteiger partial charge on any atom is 0.123 e. The Morgan fingerprint density at radius 1 is 0.889 bits per heavy atom. The Kier molecular flexibility index (Phi) is 5.24. The van der Waals surface area contributed by atoms with E-state index in [4.69, 9.17) is 0 Å². The number of fused-ring (bicyclic) bond motifs is 3. The van der Waals surface area contributed by atoms with Crippen molar-refractivity contribution in [1.29, 1.82) is 0 Å². The molecular formula is C25H26F2. The van der Waals surface area contributed by atoms with Crippen molar-refractivity contribution in [2.75, 3.05) is 0 Å². The smallest absolute Gasteiger partial charge is 0.123 e. The largest absolute Gasteiger partial charge is 0.207 e. The summed E-state index contributed by atoms with van der Waals surface area (Å²) in [4.78, 5) is 0. The molecule has 3 aromatic carbocycles. The second kappa shape index (κ2) is 7.80. The molecule has 4 rings (SSSR count). The number of hydrogen-bond donors (Lipinski definition) is 0. The molecule has 2 heteroatoms. The fraction of sp³-hybridized carbons (Fsp3) is 0.360. The Balaban J connectivity index is 1.81. The van der Waals surface area contributed by atoms with Crippen LogP contribution >= 0.6 is 0 Å². The van der Waals surface area contributed by atoms with Crippen LogP contribution in [0.15, 0.2) is 54.6 Å². The highest BCUT2D eigenvalue weighted by Crippen LogP contribution is 2.45. The van der Waals surface area contributed by atoms with Crippen LogP contribution in [0.2, 0.25) is 0 Å². The monoisotopic (exact) mass is 364 g/mol. The van der Waals surface area contributed by atoms with E-state index in [1.165, 1.54) is 48.4 Å². The van der Waals surface area contributed by atoms with Crippen molar-refractivity contribution in [3.05, 3.63) is 82.9 Å². The molecule has 0 saturated carbocycles. The molecule has 0 fully saturated rings. The minimum atomic E-state index is -0.196. The molecule has 1 aliphatic rings. The number of aryl methyl sites for hydroxylation is 1. The van der Waals surface area contributed by atoms with Crippen molar-refractivity contribution in [2.24, 2.45) is 5.92 Å². The minimum Gasteiger partial charge on any atom is -0.207 e. The van der Waals surface area contributed by atoms with E-state index in [2.05, 4.69) is 19.1 Å². The molecule has 0 spiro atoms. The molecule has 0 unspecified atom stereocenters. The van der Waals surface area contributed by atoms with E-state index in [1.54, 1.807) is 18.2 Å². The number of benzene rings is 3. The van der Waals surface area contributed by atoms with Crippen LogP contribution in [0.1, 0.15) is 61.6 Å². The predicted molar refractivity (Wildman–Crippen MR) is 108 cm³/mol. The highest BCUT2D eigenvalue weighted by Gasteiger charge is 2.31. The van der Waals surface area contributed by atoms with E-state index >= 15 is 0 Å². The maximum atomic E-state index is 13.9. The van der Waals surface area contributed by atoms with E-state index < -0.39 is 0 Å². The first kappa shape index (κ1) is 18.2. The molecule has 140 valence electrons. The number of halogens is 2. The molecule has 0 radical (unpaired) electrons. The number of rotatable bonds is 5. The maximum absolute atomic E-state index is 13.9. The van der Waals surface area contributed by atoms with Gasteiger partial charge in [-0.1, -0.05) is 56.5 Å². The van der Waals surface area contributed by atoms with Crippen molar-refractivity contribution in [1.82, 2.24) is 0 Å². The zero-order valence-electron chi connectivity index (χ0n) is 15.8. The topological polar surface area (TPSA) is 0 Å². The summed E-state index contributed by atoms with van der Waals surface area (Å²) >= 11 is 0. The van der Waals surface area contributed by atoms with E-state index in [0.29, 0.717) is 5.92 Å². The van der Waals surface area contributed by atoms with Crippen LogP contribution in [0.4, 0.5) is 8.78 Å². The first-order valence-corrected chi connectivity index (χ1v) is 10.1. The average molecular weight is 364 g/mol. The van der Waals surface area contributed by atoms with Crippen molar-refractivity contribution in [3.63, 3.8) is 0 Å². The minimum absolute atomic E-state index is 0.181. The Morgan fingerprint density at radius 3 is 2.41 bits per heavy atom. The zero-order chi connectivity index (χ0) is 18.8. The van der Waals surface area contributed by atoms with Gasteiger partial charge in [-0.15, -0.1) is 0 Å². The highest BCUT2D eigenvalue weighted by atomic mass is 19.1. The average Bonchev–Trinajstić information content (AvgIpc) is 2.68. The molecule has 2 atom stereocenters. The lowest BCUT2D eigenvalue weighted by Crippen LogP contribution is -2.22. The third-order valence-electron chi connectivity index (χ3n) is 6.11. The second-order valence-corrected chi connectivity index (χ2v) is 7.82. The Morgan fingerprint density at radius 2 is 1.63 bits per heavy atom. The van der Waals surface area contributed by atoms with Crippen LogP contribution in [0, 0.1) is 17.6 Å². The fourth-order valence-corrected chi connectivity index (χ4v) is 4.78. The summed E-state index contributed by atoms with van der Waals surface area (Å²) in [5.41, 5.74) is 3.75. The molecule has 0 saturated heterocycles. The van der Waals surface area contributed by atoms with Crippen molar-refractivity contribution < 1.29 is 8.78 Å². The van der Waals surface area contributed by atoms with Gasteiger partial charge < -0.3 is 0 Å². The van der Waals surface area contributed by atoms with E-state index in [1.807, 2.05) is 18.2 Å². The number of unbranched alkanes of at least 4 members (excludes halogenated alkanes) is 2. The van der Waals surface area contributed by atoms with E-state index in [9.17, 15) is 8.78 Å². The summed E-state index contributed by atoms with van der Waals surface area (Å²) in [6, 6.07) is 16.4. The van der Waals surface area contributed by atoms with Crippen molar-refractivity contribution in [3.8, 4) is 0 Å². The fourth-order valence-electron chi connectivity index (χ4n) is 4.78. The summed E-state index contributed by atoms with van der Waals surface area (Å²) in [7, 11) is 0. The molecule has 0 aromatic heterocycles. The lowest BCUT2D eigenvalue weighted by molar-refractivity contribution is 0.369. The molecule has 1 aliphatic carbocycles. The number of hydrogen-bond acceptors (Lipinski definition) is 0.